The standard InChI is InChI=1S/C46H27N3O/c1-2-13-30(14-3-1)44-35-17-8-9-19-37(35)47-46(48-44)31-23-26-41-36(27-31)34-18-10-20-40(45(34)50-41)49-38-24-21-28-11-4-6-15-32(28)42(38)43-33-16-7-5-12-29(33)22-25-39(43)49/h1-27H/i4D,5D,6D,7D,10D,11D,12D,15D,16D,18D,20D,21D,22D,23D,24D,25D,26D,27D. The van der Waals surface area contributed by atoms with Gasteiger partial charge in [-0.05, 0) is 63.9 Å². The van der Waals surface area contributed by atoms with Crippen LogP contribution in [0.4, 0.5) is 0 Å². The first-order valence-electron chi connectivity index (χ1n) is 24.5. The smallest absolute Gasteiger partial charge is 0.160 e. The highest BCUT2D eigenvalue weighted by molar-refractivity contribution is 6.29. The van der Waals surface area contributed by atoms with E-state index in [1.54, 1.807) is 12.1 Å². The lowest BCUT2D eigenvalue weighted by molar-refractivity contribution is 0.666. The zero-order chi connectivity index (χ0) is 48.4. The van der Waals surface area contributed by atoms with Crippen molar-refractivity contribution >= 4 is 76.2 Å². The van der Waals surface area contributed by atoms with Crippen LogP contribution in [-0.2, 0) is 0 Å². The predicted octanol–water partition coefficient (Wildman–Crippen LogP) is 12.3. The van der Waals surface area contributed by atoms with Gasteiger partial charge in [0.05, 0.1) is 52.6 Å². The summed E-state index contributed by atoms with van der Waals surface area (Å²) in [5.41, 5.74) is -0.942. The van der Waals surface area contributed by atoms with Crippen molar-refractivity contribution in [3.05, 3.63) is 163 Å². The second-order valence-corrected chi connectivity index (χ2v) is 11.5. The SMILES string of the molecule is [2H]c1c(-c2nc(-c3ccccc3)c3ccccc3n2)c([2H])c2c(oc3c(-n4c5c([2H])c([2H])c6c([2H])c([2H])c([2H])c([2H])c6c5c5c6c([2H])c([2H])c([2H])c([2H])c6c([2H])c([2H])c54)c([2H])c([2H])c([2H])c32)c1[2H]. The van der Waals surface area contributed by atoms with E-state index in [1.807, 2.05) is 42.5 Å². The summed E-state index contributed by atoms with van der Waals surface area (Å²) in [5, 5.41) is -2.18. The third kappa shape index (κ3) is 3.87. The van der Waals surface area contributed by atoms with Crippen LogP contribution in [0.15, 0.2) is 168 Å². The maximum absolute atomic E-state index is 9.70. The van der Waals surface area contributed by atoms with Crippen molar-refractivity contribution in [2.75, 3.05) is 0 Å². The molecule has 0 spiro atoms. The summed E-state index contributed by atoms with van der Waals surface area (Å²) < 4.78 is 171. The van der Waals surface area contributed by atoms with E-state index in [4.69, 9.17) is 25.4 Å². The summed E-state index contributed by atoms with van der Waals surface area (Å²) in [6.45, 7) is 0. The lowest BCUT2D eigenvalue weighted by Gasteiger charge is -2.09. The minimum atomic E-state index is -0.794. The molecule has 3 heterocycles. The minimum absolute atomic E-state index is 0.115. The molecule has 50 heavy (non-hydrogen) atoms. The molecular weight excluding hydrogens is 611 g/mol. The number of aromatic nitrogens is 3. The van der Waals surface area contributed by atoms with Crippen molar-refractivity contribution in [3.8, 4) is 28.3 Å². The van der Waals surface area contributed by atoms with E-state index in [0.717, 1.165) is 4.57 Å². The van der Waals surface area contributed by atoms with Crippen molar-refractivity contribution in [3.63, 3.8) is 0 Å². The molecule has 0 fully saturated rings. The van der Waals surface area contributed by atoms with Crippen LogP contribution in [-0.4, -0.2) is 14.5 Å². The molecular formula is C46H27N3O. The van der Waals surface area contributed by atoms with E-state index >= 15 is 0 Å². The number of fused-ring (bicyclic) bond motifs is 11. The van der Waals surface area contributed by atoms with Gasteiger partial charge < -0.3 is 8.98 Å². The fourth-order valence-corrected chi connectivity index (χ4v) is 6.63. The second-order valence-electron chi connectivity index (χ2n) is 11.5. The van der Waals surface area contributed by atoms with Gasteiger partial charge in [-0.3, -0.25) is 0 Å². The molecule has 0 unspecified atom stereocenters. The Kier molecular flexibility index (Phi) is 3.15. The molecule has 4 nitrogen and oxygen atoms in total. The van der Waals surface area contributed by atoms with Crippen LogP contribution in [0.3, 0.4) is 0 Å². The Morgan fingerprint density at radius 2 is 1.20 bits per heavy atom. The summed E-state index contributed by atoms with van der Waals surface area (Å²) in [6.07, 6.45) is 0. The van der Waals surface area contributed by atoms with Gasteiger partial charge in [-0.1, -0.05) is 121 Å². The van der Waals surface area contributed by atoms with Crippen LogP contribution in [0.1, 0.15) is 24.7 Å². The lowest BCUT2D eigenvalue weighted by atomic mass is 10.00. The van der Waals surface area contributed by atoms with E-state index in [-0.39, 0.29) is 43.7 Å². The van der Waals surface area contributed by atoms with Gasteiger partial charge in [0.15, 0.2) is 11.4 Å². The molecule has 11 rings (SSSR count). The molecule has 0 aliphatic carbocycles. The van der Waals surface area contributed by atoms with Crippen LogP contribution in [0.25, 0.3) is 105 Å². The first kappa shape index (κ1) is 15.2. The number of benzene rings is 8. The maximum Gasteiger partial charge on any atom is 0.160 e. The largest absolute Gasteiger partial charge is 0.454 e. The molecule has 0 bridgehead atoms. The zero-order valence-electron chi connectivity index (χ0n) is 43.4. The van der Waals surface area contributed by atoms with Gasteiger partial charge in [0.2, 0.25) is 0 Å². The van der Waals surface area contributed by atoms with Gasteiger partial charge in [0.1, 0.15) is 5.58 Å². The normalized spacial score (nSPS) is 17.0. The minimum Gasteiger partial charge on any atom is -0.454 e. The molecule has 0 aliphatic heterocycles. The van der Waals surface area contributed by atoms with Crippen LogP contribution >= 0.6 is 0 Å². The third-order valence-electron chi connectivity index (χ3n) is 8.80. The first-order chi connectivity index (χ1) is 32.3. The van der Waals surface area contributed by atoms with Crippen molar-refractivity contribution in [1.29, 1.82) is 0 Å². The van der Waals surface area contributed by atoms with Crippen LogP contribution in [0.5, 0.6) is 0 Å². The van der Waals surface area contributed by atoms with Gasteiger partial charge in [0, 0.05) is 38.1 Å². The molecule has 8 aromatic carbocycles. The molecule has 0 saturated heterocycles. The van der Waals surface area contributed by atoms with Crippen molar-refractivity contribution in [1.82, 2.24) is 14.5 Å². The molecule has 3 aromatic heterocycles. The Morgan fingerprint density at radius 1 is 0.520 bits per heavy atom. The van der Waals surface area contributed by atoms with Crippen LogP contribution < -0.4 is 0 Å². The monoisotopic (exact) mass is 655 g/mol. The topological polar surface area (TPSA) is 43.9 Å². The quantitative estimate of drug-likeness (QED) is 0.190. The molecule has 0 aliphatic rings. The number of nitrogens with zero attached hydrogens (tertiary/aromatic N) is 3. The van der Waals surface area contributed by atoms with Gasteiger partial charge in [-0.15, -0.1) is 0 Å². The molecule has 4 heteroatoms. The second kappa shape index (κ2) is 10.4. The fraction of sp³-hybridized carbons (Fsp3) is 0. The Labute approximate surface area is 311 Å². The van der Waals surface area contributed by atoms with Crippen molar-refractivity contribution in [2.24, 2.45) is 0 Å². The summed E-state index contributed by atoms with van der Waals surface area (Å²) in [7, 11) is 0. The Balaban J connectivity index is 1.38. The van der Waals surface area contributed by atoms with Crippen LogP contribution in [0, 0.1) is 0 Å². The summed E-state index contributed by atoms with van der Waals surface area (Å²) in [6, 6.07) is 3.55. The first-order valence-corrected chi connectivity index (χ1v) is 15.5. The lowest BCUT2D eigenvalue weighted by Crippen LogP contribution is -1.95. The van der Waals surface area contributed by atoms with E-state index in [2.05, 4.69) is 0 Å². The average Bonchev–Trinajstić information content (AvgIpc) is 3.90. The molecule has 0 N–H and O–H groups in total. The van der Waals surface area contributed by atoms with Gasteiger partial charge >= 0.3 is 0 Å². The highest BCUT2D eigenvalue weighted by atomic mass is 16.3. The summed E-state index contributed by atoms with van der Waals surface area (Å²) in [5.74, 6) is -0.115. The highest BCUT2D eigenvalue weighted by Crippen LogP contribution is 2.43. The van der Waals surface area contributed by atoms with Crippen LogP contribution in [0.2, 0.25) is 0 Å². The van der Waals surface area contributed by atoms with E-state index in [9.17, 15) is 13.7 Å². The van der Waals surface area contributed by atoms with Crippen molar-refractivity contribution < 1.29 is 29.1 Å². The Hall–Kier alpha value is -6.78. The van der Waals surface area contributed by atoms with Gasteiger partial charge in [-0.25, -0.2) is 9.97 Å². The fourth-order valence-electron chi connectivity index (χ4n) is 6.63. The average molecular weight is 656 g/mol. The highest BCUT2D eigenvalue weighted by Gasteiger charge is 2.21. The Bertz CT molecular complexity index is 4060. The third-order valence-corrected chi connectivity index (χ3v) is 8.80. The van der Waals surface area contributed by atoms with Crippen molar-refractivity contribution in [2.45, 2.75) is 0 Å². The zero-order valence-corrected chi connectivity index (χ0v) is 25.4. The summed E-state index contributed by atoms with van der Waals surface area (Å²) >= 11 is 0. The molecule has 0 saturated carbocycles. The van der Waals surface area contributed by atoms with Gasteiger partial charge in [-0.2, -0.15) is 0 Å². The van der Waals surface area contributed by atoms with E-state index in [0.29, 0.717) is 22.2 Å². The number of hydrogen-bond donors (Lipinski definition) is 0. The molecule has 0 atom stereocenters. The Morgan fingerprint density at radius 3 is 1.96 bits per heavy atom. The number of hydrogen-bond acceptors (Lipinski definition) is 3. The number of rotatable bonds is 3. The summed E-state index contributed by atoms with van der Waals surface area (Å²) in [4.78, 5) is 9.54. The van der Waals surface area contributed by atoms with E-state index < -0.39 is 147 Å². The molecule has 0 amide bonds. The van der Waals surface area contributed by atoms with E-state index in [1.165, 1.54) is 0 Å². The number of para-hydroxylation sites is 2. The molecule has 0 radical (unpaired) electrons. The number of furan rings is 1. The van der Waals surface area contributed by atoms with Gasteiger partial charge in [0.25, 0.3) is 0 Å². The predicted molar refractivity (Wildman–Crippen MR) is 207 cm³/mol. The molecule has 11 aromatic rings. The maximum atomic E-state index is 9.70. The molecule has 232 valence electrons.